The van der Waals surface area contributed by atoms with Gasteiger partial charge in [0.05, 0.1) is 11.0 Å². The van der Waals surface area contributed by atoms with Gasteiger partial charge in [0, 0.05) is 38.9 Å². The van der Waals surface area contributed by atoms with Gasteiger partial charge in [-0.3, -0.25) is 0 Å². The molecule has 1 heterocycles. The van der Waals surface area contributed by atoms with Gasteiger partial charge in [0.15, 0.2) is 0 Å². The summed E-state index contributed by atoms with van der Waals surface area (Å²) in [7, 11) is 0. The minimum atomic E-state index is 1.10. The third-order valence-corrected chi connectivity index (χ3v) is 12.3. The molecule has 0 unspecified atom stereocenters. The highest BCUT2D eigenvalue weighted by atomic mass is 15.1. The summed E-state index contributed by atoms with van der Waals surface area (Å²) in [5.74, 6) is 0. The number of aromatic nitrogens is 1. The fraction of sp³-hybridized carbons (Fsp3) is 0. The van der Waals surface area contributed by atoms with Crippen LogP contribution in [0.2, 0.25) is 0 Å². The largest absolute Gasteiger partial charge is 0.310 e. The smallest absolute Gasteiger partial charge is 0.0625 e. The van der Waals surface area contributed by atoms with Gasteiger partial charge >= 0.3 is 0 Å². The second-order valence-electron chi connectivity index (χ2n) is 15.7. The summed E-state index contributed by atoms with van der Waals surface area (Å²) in [5.41, 5.74) is 11.7. The Morgan fingerprint density at radius 3 is 1.75 bits per heavy atom. The summed E-state index contributed by atoms with van der Waals surface area (Å²) in [4.78, 5) is 2.40. The molecule has 12 aromatic rings. The molecule has 0 bridgehead atoms. The Kier molecular flexibility index (Phi) is 7.89. The van der Waals surface area contributed by atoms with Crippen molar-refractivity contribution in [3.05, 3.63) is 231 Å². The van der Waals surface area contributed by atoms with Crippen molar-refractivity contribution >= 4 is 82.0 Å². The van der Waals surface area contributed by atoms with Crippen LogP contribution >= 0.6 is 0 Å². The Morgan fingerprint density at radius 1 is 0.300 bits per heavy atom. The minimum Gasteiger partial charge on any atom is -0.310 e. The number of nitrogens with zero attached hydrogens (tertiary/aromatic N) is 2. The average Bonchev–Trinajstić information content (AvgIpc) is 3.67. The zero-order valence-corrected chi connectivity index (χ0v) is 32.8. The second-order valence-corrected chi connectivity index (χ2v) is 15.7. The van der Waals surface area contributed by atoms with E-state index < -0.39 is 0 Å². The van der Waals surface area contributed by atoms with Crippen molar-refractivity contribution in [3.8, 4) is 27.9 Å². The highest BCUT2D eigenvalue weighted by molar-refractivity contribution is 6.24. The van der Waals surface area contributed by atoms with E-state index in [1.807, 2.05) is 0 Å². The second kappa shape index (κ2) is 13.9. The molecule has 11 aromatic carbocycles. The molecule has 280 valence electrons. The van der Waals surface area contributed by atoms with Crippen LogP contribution in [0.15, 0.2) is 231 Å². The van der Waals surface area contributed by atoms with Crippen LogP contribution in [-0.2, 0) is 0 Å². The van der Waals surface area contributed by atoms with Crippen LogP contribution in [0.1, 0.15) is 0 Å². The normalized spacial score (nSPS) is 11.7. The molecule has 60 heavy (non-hydrogen) atoms. The van der Waals surface area contributed by atoms with Crippen molar-refractivity contribution in [3.63, 3.8) is 0 Å². The van der Waals surface area contributed by atoms with Crippen molar-refractivity contribution in [1.29, 1.82) is 0 Å². The topological polar surface area (TPSA) is 8.17 Å². The Bertz CT molecular complexity index is 3600. The van der Waals surface area contributed by atoms with Gasteiger partial charge < -0.3 is 9.47 Å². The van der Waals surface area contributed by atoms with Crippen LogP contribution in [-0.4, -0.2) is 4.57 Å². The monoisotopic (exact) mass is 762 g/mol. The van der Waals surface area contributed by atoms with Crippen LogP contribution in [0, 0.1) is 0 Å². The van der Waals surface area contributed by atoms with Crippen molar-refractivity contribution in [1.82, 2.24) is 4.57 Å². The first-order valence-electron chi connectivity index (χ1n) is 20.7. The standard InChI is InChI=1S/C58H38N2/c1-2-18-47(19-3-1)60-56-24-11-10-23-54(56)57-55(38-45-16-7-9-22-53(45)58(57)60)44-17-12-20-49(37-44)59(50-33-29-39-13-4-5-15-42(39)36-50)48-31-27-40(28-32-48)43-30-34-52-46(35-43)26-25-41-14-6-8-21-51(41)52/h1-38H. The van der Waals surface area contributed by atoms with Gasteiger partial charge in [-0.1, -0.05) is 164 Å². The molecule has 0 aliphatic rings. The Labute approximate surface area is 348 Å². The van der Waals surface area contributed by atoms with Crippen LogP contribution in [0.25, 0.3) is 92.8 Å². The molecule has 2 heteroatoms. The Hall–Kier alpha value is -7.94. The number of fused-ring (bicyclic) bond motifs is 9. The summed E-state index contributed by atoms with van der Waals surface area (Å²) in [6.45, 7) is 0. The maximum absolute atomic E-state index is 2.45. The van der Waals surface area contributed by atoms with Gasteiger partial charge in [-0.2, -0.15) is 0 Å². The van der Waals surface area contributed by atoms with E-state index in [1.54, 1.807) is 0 Å². The maximum Gasteiger partial charge on any atom is 0.0625 e. The molecule has 0 saturated carbocycles. The lowest BCUT2D eigenvalue weighted by atomic mass is 9.94. The number of rotatable bonds is 6. The van der Waals surface area contributed by atoms with Crippen LogP contribution in [0.3, 0.4) is 0 Å². The van der Waals surface area contributed by atoms with Crippen LogP contribution in [0.4, 0.5) is 17.1 Å². The third-order valence-electron chi connectivity index (χ3n) is 12.3. The average molecular weight is 763 g/mol. The van der Waals surface area contributed by atoms with Crippen molar-refractivity contribution in [2.45, 2.75) is 0 Å². The van der Waals surface area contributed by atoms with E-state index >= 15 is 0 Å². The highest BCUT2D eigenvalue weighted by Gasteiger charge is 2.21. The molecular formula is C58H38N2. The molecule has 0 saturated heterocycles. The predicted octanol–water partition coefficient (Wildman–Crippen LogP) is 16.2. The number of anilines is 3. The molecule has 0 amide bonds. The summed E-state index contributed by atoms with van der Waals surface area (Å²) >= 11 is 0. The summed E-state index contributed by atoms with van der Waals surface area (Å²) in [6.07, 6.45) is 0. The van der Waals surface area contributed by atoms with E-state index in [9.17, 15) is 0 Å². The number of hydrogen-bond acceptors (Lipinski definition) is 1. The summed E-state index contributed by atoms with van der Waals surface area (Å²) in [6, 6.07) is 84.3. The number of para-hydroxylation sites is 2. The van der Waals surface area contributed by atoms with Gasteiger partial charge in [0.2, 0.25) is 0 Å². The Balaban J connectivity index is 1.03. The lowest BCUT2D eigenvalue weighted by Gasteiger charge is -2.27. The molecular weight excluding hydrogens is 725 g/mol. The molecule has 0 fully saturated rings. The van der Waals surface area contributed by atoms with Gasteiger partial charge in [-0.25, -0.2) is 0 Å². The van der Waals surface area contributed by atoms with E-state index in [1.165, 1.54) is 87.1 Å². The fourth-order valence-electron chi connectivity index (χ4n) is 9.48. The van der Waals surface area contributed by atoms with E-state index in [-0.39, 0.29) is 0 Å². The maximum atomic E-state index is 2.45. The zero-order valence-electron chi connectivity index (χ0n) is 32.8. The molecule has 0 spiro atoms. The molecule has 12 rings (SSSR count). The third kappa shape index (κ3) is 5.57. The van der Waals surface area contributed by atoms with Crippen molar-refractivity contribution in [2.75, 3.05) is 4.90 Å². The first-order chi connectivity index (χ1) is 29.7. The molecule has 0 aliphatic heterocycles. The van der Waals surface area contributed by atoms with Crippen LogP contribution in [0.5, 0.6) is 0 Å². The van der Waals surface area contributed by atoms with E-state index in [0.717, 1.165) is 22.7 Å². The summed E-state index contributed by atoms with van der Waals surface area (Å²) < 4.78 is 2.45. The van der Waals surface area contributed by atoms with E-state index in [0.29, 0.717) is 0 Å². The van der Waals surface area contributed by atoms with Crippen molar-refractivity contribution < 1.29 is 0 Å². The Morgan fingerprint density at radius 2 is 0.900 bits per heavy atom. The highest BCUT2D eigenvalue weighted by Crippen LogP contribution is 2.45. The van der Waals surface area contributed by atoms with Gasteiger partial charge in [-0.05, 0) is 127 Å². The predicted molar refractivity (Wildman–Crippen MR) is 256 cm³/mol. The van der Waals surface area contributed by atoms with Crippen molar-refractivity contribution in [2.24, 2.45) is 0 Å². The molecule has 0 N–H and O–H groups in total. The molecule has 0 aliphatic carbocycles. The lowest BCUT2D eigenvalue weighted by Crippen LogP contribution is -2.10. The van der Waals surface area contributed by atoms with E-state index in [2.05, 4.69) is 240 Å². The number of hydrogen-bond donors (Lipinski definition) is 0. The first-order valence-corrected chi connectivity index (χ1v) is 20.7. The lowest BCUT2D eigenvalue weighted by molar-refractivity contribution is 1.19. The fourth-order valence-corrected chi connectivity index (χ4v) is 9.48. The summed E-state index contributed by atoms with van der Waals surface area (Å²) in [5, 5.41) is 12.5. The van der Waals surface area contributed by atoms with Gasteiger partial charge in [0.25, 0.3) is 0 Å². The zero-order chi connectivity index (χ0) is 39.6. The SMILES string of the molecule is c1ccc(-n2c3ccccc3c3c(-c4cccc(N(c5ccc(-c6ccc7c(ccc8ccccc87)c6)cc5)c5ccc6ccccc6c5)c4)cc4ccccc4c32)cc1. The molecule has 0 atom stereocenters. The van der Waals surface area contributed by atoms with Gasteiger partial charge in [-0.15, -0.1) is 0 Å². The van der Waals surface area contributed by atoms with E-state index in [4.69, 9.17) is 0 Å². The number of benzene rings is 11. The molecule has 2 nitrogen and oxygen atoms in total. The first kappa shape index (κ1) is 34.1. The minimum absolute atomic E-state index is 1.10. The van der Waals surface area contributed by atoms with Crippen LogP contribution < -0.4 is 4.90 Å². The van der Waals surface area contributed by atoms with Gasteiger partial charge in [0.1, 0.15) is 0 Å². The quantitative estimate of drug-likeness (QED) is 0.153. The molecule has 0 radical (unpaired) electrons. The molecule has 1 aromatic heterocycles.